The molecule has 1 aliphatic heterocycles. The molecule has 1 aromatic rings. The van der Waals surface area contributed by atoms with Gasteiger partial charge in [0.15, 0.2) is 0 Å². The average Bonchev–Trinajstić information content (AvgIpc) is 2.31. The molecule has 0 bridgehead atoms. The van der Waals surface area contributed by atoms with Gasteiger partial charge in [0.2, 0.25) is 0 Å². The van der Waals surface area contributed by atoms with Gasteiger partial charge in [-0.25, -0.2) is 4.39 Å². The third-order valence-corrected chi connectivity index (χ3v) is 3.47. The number of hydrogen-bond acceptors (Lipinski definition) is 2. The van der Waals surface area contributed by atoms with E-state index in [1.807, 2.05) is 6.92 Å². The number of ether oxygens (including phenoxy) is 1. The zero-order chi connectivity index (χ0) is 11.6. The van der Waals surface area contributed by atoms with Gasteiger partial charge in [0.05, 0.1) is 6.61 Å². The largest absolute Gasteiger partial charge is 0.381 e. The van der Waals surface area contributed by atoms with Crippen molar-refractivity contribution in [1.82, 2.24) is 0 Å². The van der Waals surface area contributed by atoms with E-state index in [2.05, 4.69) is 0 Å². The van der Waals surface area contributed by atoms with E-state index in [0.717, 1.165) is 25.0 Å². The molecule has 2 nitrogen and oxygen atoms in total. The van der Waals surface area contributed by atoms with E-state index in [4.69, 9.17) is 10.5 Å². The van der Waals surface area contributed by atoms with E-state index >= 15 is 0 Å². The summed E-state index contributed by atoms with van der Waals surface area (Å²) >= 11 is 0. The summed E-state index contributed by atoms with van der Waals surface area (Å²) < 4.78 is 18.3. The maximum absolute atomic E-state index is 12.9. The topological polar surface area (TPSA) is 35.2 Å². The first-order chi connectivity index (χ1) is 7.60. The first kappa shape index (κ1) is 11.6. The van der Waals surface area contributed by atoms with Crippen molar-refractivity contribution in [2.24, 2.45) is 11.7 Å². The molecule has 3 heteroatoms. The number of halogens is 1. The maximum atomic E-state index is 12.9. The average molecular weight is 223 g/mol. The van der Waals surface area contributed by atoms with Crippen molar-refractivity contribution in [2.75, 3.05) is 13.2 Å². The van der Waals surface area contributed by atoms with Gasteiger partial charge in [0, 0.05) is 18.1 Å². The van der Waals surface area contributed by atoms with Crippen LogP contribution in [0.5, 0.6) is 0 Å². The molecule has 2 N–H and O–H groups in total. The molecule has 0 aromatic heterocycles. The third-order valence-electron chi connectivity index (χ3n) is 3.47. The van der Waals surface area contributed by atoms with Crippen LogP contribution in [0.3, 0.4) is 0 Å². The number of benzene rings is 1. The first-order valence-corrected chi connectivity index (χ1v) is 5.73. The minimum absolute atomic E-state index is 0.223. The quantitative estimate of drug-likeness (QED) is 0.835. The Morgan fingerprint density at radius 1 is 1.38 bits per heavy atom. The molecular weight excluding hydrogens is 205 g/mol. The summed E-state index contributed by atoms with van der Waals surface area (Å²) in [7, 11) is 0. The molecule has 0 spiro atoms. The molecule has 0 saturated carbocycles. The van der Waals surface area contributed by atoms with Gasteiger partial charge in [-0.15, -0.1) is 0 Å². The molecule has 0 radical (unpaired) electrons. The zero-order valence-electron chi connectivity index (χ0n) is 9.58. The van der Waals surface area contributed by atoms with Gasteiger partial charge in [0.1, 0.15) is 5.82 Å². The van der Waals surface area contributed by atoms with Gasteiger partial charge in [-0.3, -0.25) is 0 Å². The Morgan fingerprint density at radius 3 is 2.62 bits per heavy atom. The second-order valence-electron chi connectivity index (χ2n) is 4.70. The summed E-state index contributed by atoms with van der Waals surface area (Å²) in [5, 5.41) is 0. The molecule has 0 amide bonds. The van der Waals surface area contributed by atoms with Crippen molar-refractivity contribution < 1.29 is 9.13 Å². The Hall–Kier alpha value is -0.930. The molecule has 1 aromatic carbocycles. The Kier molecular flexibility index (Phi) is 3.26. The lowest BCUT2D eigenvalue weighted by Crippen LogP contribution is -2.44. The SMILES string of the molecule is CC(N)(c1ccc(F)cc1)C1CCCOC1. The predicted octanol–water partition coefficient (Wildman–Crippen LogP) is 2.43. The van der Waals surface area contributed by atoms with E-state index in [0.29, 0.717) is 12.5 Å². The van der Waals surface area contributed by atoms with Crippen molar-refractivity contribution in [3.8, 4) is 0 Å². The third kappa shape index (κ3) is 2.25. The second-order valence-corrected chi connectivity index (χ2v) is 4.70. The van der Waals surface area contributed by atoms with Crippen LogP contribution in [-0.2, 0) is 10.3 Å². The standard InChI is InChI=1S/C13H18FNO/c1-13(15,11-3-2-8-16-9-11)10-4-6-12(14)7-5-10/h4-7,11H,2-3,8-9,15H2,1H3. The van der Waals surface area contributed by atoms with Crippen LogP contribution >= 0.6 is 0 Å². The highest BCUT2D eigenvalue weighted by molar-refractivity contribution is 5.24. The van der Waals surface area contributed by atoms with Crippen LogP contribution in [0.25, 0.3) is 0 Å². The number of hydrogen-bond donors (Lipinski definition) is 1. The van der Waals surface area contributed by atoms with Crippen molar-refractivity contribution >= 4 is 0 Å². The van der Waals surface area contributed by atoms with E-state index in [1.165, 1.54) is 12.1 Å². The second kappa shape index (κ2) is 4.52. The van der Waals surface area contributed by atoms with Crippen molar-refractivity contribution in [3.63, 3.8) is 0 Å². The zero-order valence-corrected chi connectivity index (χ0v) is 9.58. The fourth-order valence-corrected chi connectivity index (χ4v) is 2.26. The Morgan fingerprint density at radius 2 is 2.06 bits per heavy atom. The van der Waals surface area contributed by atoms with Gasteiger partial charge in [-0.1, -0.05) is 12.1 Å². The smallest absolute Gasteiger partial charge is 0.123 e. The van der Waals surface area contributed by atoms with Crippen LogP contribution in [0.4, 0.5) is 4.39 Å². The highest BCUT2D eigenvalue weighted by Gasteiger charge is 2.33. The van der Waals surface area contributed by atoms with E-state index in [1.54, 1.807) is 12.1 Å². The fourth-order valence-electron chi connectivity index (χ4n) is 2.26. The highest BCUT2D eigenvalue weighted by atomic mass is 19.1. The summed E-state index contributed by atoms with van der Waals surface area (Å²) in [5.74, 6) is 0.0890. The molecule has 1 fully saturated rings. The van der Waals surface area contributed by atoms with Gasteiger partial charge < -0.3 is 10.5 Å². The van der Waals surface area contributed by atoms with E-state index in [-0.39, 0.29) is 5.82 Å². The lowest BCUT2D eigenvalue weighted by Gasteiger charge is -2.37. The van der Waals surface area contributed by atoms with Crippen molar-refractivity contribution in [2.45, 2.75) is 25.3 Å². The Bertz CT molecular complexity index is 341. The predicted molar refractivity (Wildman–Crippen MR) is 61.5 cm³/mol. The first-order valence-electron chi connectivity index (χ1n) is 5.73. The molecule has 1 heterocycles. The van der Waals surface area contributed by atoms with Crippen LogP contribution < -0.4 is 5.73 Å². The summed E-state index contributed by atoms with van der Waals surface area (Å²) in [6.45, 7) is 3.53. The van der Waals surface area contributed by atoms with Crippen LogP contribution in [0.15, 0.2) is 24.3 Å². The molecule has 88 valence electrons. The highest BCUT2D eigenvalue weighted by Crippen LogP contribution is 2.32. The molecule has 0 aliphatic carbocycles. The fraction of sp³-hybridized carbons (Fsp3) is 0.538. The molecule has 2 unspecified atom stereocenters. The lowest BCUT2D eigenvalue weighted by atomic mass is 9.78. The number of rotatable bonds is 2. The van der Waals surface area contributed by atoms with E-state index in [9.17, 15) is 4.39 Å². The maximum Gasteiger partial charge on any atom is 0.123 e. The molecule has 1 aliphatic rings. The molecule has 2 rings (SSSR count). The van der Waals surface area contributed by atoms with Crippen LogP contribution in [0, 0.1) is 11.7 Å². The molecule has 16 heavy (non-hydrogen) atoms. The normalized spacial score (nSPS) is 25.1. The lowest BCUT2D eigenvalue weighted by molar-refractivity contribution is 0.0243. The molecule has 1 saturated heterocycles. The van der Waals surface area contributed by atoms with Gasteiger partial charge in [0.25, 0.3) is 0 Å². The van der Waals surface area contributed by atoms with Crippen molar-refractivity contribution in [1.29, 1.82) is 0 Å². The summed E-state index contributed by atoms with van der Waals surface area (Å²) in [4.78, 5) is 0. The Labute approximate surface area is 95.6 Å². The van der Waals surface area contributed by atoms with Crippen LogP contribution in [-0.4, -0.2) is 13.2 Å². The minimum atomic E-state index is -0.436. The van der Waals surface area contributed by atoms with Gasteiger partial charge in [-0.2, -0.15) is 0 Å². The number of nitrogens with two attached hydrogens (primary N) is 1. The summed E-state index contributed by atoms with van der Waals surface area (Å²) in [5.41, 5.74) is 6.90. The summed E-state index contributed by atoms with van der Waals surface area (Å²) in [6, 6.07) is 6.46. The van der Waals surface area contributed by atoms with Crippen LogP contribution in [0.1, 0.15) is 25.3 Å². The van der Waals surface area contributed by atoms with Gasteiger partial charge in [-0.05, 0) is 37.5 Å². The van der Waals surface area contributed by atoms with Gasteiger partial charge >= 0.3 is 0 Å². The van der Waals surface area contributed by atoms with Crippen LogP contribution in [0.2, 0.25) is 0 Å². The van der Waals surface area contributed by atoms with Crippen molar-refractivity contribution in [3.05, 3.63) is 35.6 Å². The molecule has 2 atom stereocenters. The van der Waals surface area contributed by atoms with E-state index < -0.39 is 5.54 Å². The minimum Gasteiger partial charge on any atom is -0.381 e. The molecular formula is C13H18FNO. The monoisotopic (exact) mass is 223 g/mol. The summed E-state index contributed by atoms with van der Waals surface area (Å²) in [6.07, 6.45) is 2.13. The Balaban J connectivity index is 2.19.